The highest BCUT2D eigenvalue weighted by Crippen LogP contribution is 2.57. The highest BCUT2D eigenvalue weighted by Gasteiger charge is 2.49. The van der Waals surface area contributed by atoms with Gasteiger partial charge in [-0.3, -0.25) is 28.2 Å². The third-order valence-corrected chi connectivity index (χ3v) is 6.29. The Morgan fingerprint density at radius 2 is 1.94 bits per heavy atom. The maximum Gasteiger partial charge on any atom is 0.478 e. The molecule has 12 nitrogen and oxygen atoms in total. The van der Waals surface area contributed by atoms with Gasteiger partial charge in [0.25, 0.3) is 0 Å². The number of phosphoric acid groups is 1. The van der Waals surface area contributed by atoms with Crippen LogP contribution in [-0.4, -0.2) is 62.5 Å². The Kier molecular flexibility index (Phi) is 9.03. The van der Waals surface area contributed by atoms with Gasteiger partial charge in [0.15, 0.2) is 6.10 Å². The van der Waals surface area contributed by atoms with Gasteiger partial charge >= 0.3 is 19.8 Å². The number of nitrogens with one attached hydrogen (secondary N) is 2. The first-order chi connectivity index (χ1) is 15.2. The van der Waals surface area contributed by atoms with Crippen LogP contribution in [0.3, 0.4) is 0 Å². The second-order valence-corrected chi connectivity index (χ2v) is 11.3. The molecule has 2 unspecified atom stereocenters. The molecule has 2 N–H and O–H groups in total. The van der Waals surface area contributed by atoms with Crippen LogP contribution in [0.4, 0.5) is 0 Å². The molecule has 0 bridgehead atoms. The van der Waals surface area contributed by atoms with E-state index in [4.69, 9.17) is 23.0 Å². The lowest BCUT2D eigenvalue weighted by molar-refractivity contribution is -0.163. The largest absolute Gasteiger partial charge is 0.478 e. The molecule has 0 spiro atoms. The number of phosphoric ester groups is 1. The van der Waals surface area contributed by atoms with E-state index < -0.39 is 49.4 Å². The SMILES string of the molecule is CC(C)(C)C(=O)OCOP1(=O)OCC(C)(C)[C@H](C(=O)NCCC(=O)OCC2CCC(=O)N2)O1. The lowest BCUT2D eigenvalue weighted by atomic mass is 9.87. The van der Waals surface area contributed by atoms with Crippen LogP contribution >= 0.6 is 7.82 Å². The molecule has 2 aliphatic rings. The average Bonchev–Trinajstić information content (AvgIpc) is 3.13. The number of hydrogen-bond acceptors (Lipinski definition) is 10. The summed E-state index contributed by atoms with van der Waals surface area (Å²) in [6, 6.07) is -0.190. The van der Waals surface area contributed by atoms with Crippen molar-refractivity contribution in [2.75, 3.05) is 26.6 Å². The van der Waals surface area contributed by atoms with Crippen LogP contribution in [0.2, 0.25) is 0 Å². The van der Waals surface area contributed by atoms with Crippen molar-refractivity contribution >= 4 is 31.6 Å². The van der Waals surface area contributed by atoms with E-state index in [1.807, 2.05) is 0 Å². The molecular weight excluding hydrogens is 459 g/mol. The van der Waals surface area contributed by atoms with E-state index in [0.717, 1.165) is 0 Å². The molecule has 0 aromatic carbocycles. The molecule has 13 heteroatoms. The Hall–Kier alpha value is -2.01. The van der Waals surface area contributed by atoms with Crippen molar-refractivity contribution in [3.8, 4) is 0 Å². The smallest absolute Gasteiger partial charge is 0.463 e. The molecule has 2 rings (SSSR count). The fourth-order valence-electron chi connectivity index (χ4n) is 2.90. The number of ether oxygens (including phenoxy) is 2. The molecule has 2 amide bonds. The number of esters is 2. The van der Waals surface area contributed by atoms with E-state index in [1.165, 1.54) is 0 Å². The van der Waals surface area contributed by atoms with Gasteiger partial charge in [-0.2, -0.15) is 0 Å². The molecule has 188 valence electrons. The van der Waals surface area contributed by atoms with Crippen molar-refractivity contribution < 1.29 is 46.8 Å². The average molecular weight is 492 g/mol. The van der Waals surface area contributed by atoms with E-state index in [-0.39, 0.29) is 38.1 Å². The Bertz CT molecular complexity index is 807. The molecule has 2 saturated heterocycles. The number of hydrogen-bond donors (Lipinski definition) is 2. The topological polar surface area (TPSA) is 156 Å². The van der Waals surface area contributed by atoms with Gasteiger partial charge in [-0.05, 0) is 27.2 Å². The first kappa shape index (κ1) is 27.2. The van der Waals surface area contributed by atoms with Gasteiger partial charge in [0, 0.05) is 18.4 Å². The van der Waals surface area contributed by atoms with E-state index in [2.05, 4.69) is 10.6 Å². The number of carbonyl (C=O) groups excluding carboxylic acids is 4. The Labute approximate surface area is 193 Å². The highest BCUT2D eigenvalue weighted by molar-refractivity contribution is 7.48. The molecular formula is C20H33N2O10P. The zero-order valence-corrected chi connectivity index (χ0v) is 20.5. The zero-order chi connectivity index (χ0) is 24.9. The van der Waals surface area contributed by atoms with E-state index in [1.54, 1.807) is 34.6 Å². The standard InChI is InChI=1S/C20H33N2O10P/c1-19(2,3)18(26)29-12-31-33(27)30-11-20(4,5)16(32-33)17(25)21-9-8-15(24)28-10-13-6-7-14(23)22-13/h13,16H,6-12H2,1-5H3,(H,21,25)(H,22,23)/t13?,16-,33?/m0/s1. The summed E-state index contributed by atoms with van der Waals surface area (Å²) in [5, 5.41) is 5.24. The van der Waals surface area contributed by atoms with Gasteiger partial charge in [0.05, 0.1) is 24.5 Å². The molecule has 2 aliphatic heterocycles. The number of rotatable bonds is 9. The minimum atomic E-state index is -4.16. The molecule has 0 aromatic rings. The summed E-state index contributed by atoms with van der Waals surface area (Å²) in [5.41, 5.74) is -1.62. The molecule has 2 heterocycles. The second kappa shape index (κ2) is 10.9. The van der Waals surface area contributed by atoms with Gasteiger partial charge in [0.1, 0.15) is 6.61 Å². The minimum absolute atomic E-state index is 0.0279. The van der Waals surface area contributed by atoms with Crippen LogP contribution in [0.25, 0.3) is 0 Å². The maximum absolute atomic E-state index is 12.7. The van der Waals surface area contributed by atoms with E-state index >= 15 is 0 Å². The third-order valence-electron chi connectivity index (χ3n) is 4.95. The monoisotopic (exact) mass is 492 g/mol. The first-order valence-electron chi connectivity index (χ1n) is 10.7. The Balaban J connectivity index is 1.79. The Morgan fingerprint density at radius 3 is 2.55 bits per heavy atom. The third kappa shape index (κ3) is 8.37. The summed E-state index contributed by atoms with van der Waals surface area (Å²) < 4.78 is 38.3. The van der Waals surface area contributed by atoms with Gasteiger partial charge in [-0.25, -0.2) is 9.09 Å². The predicted molar refractivity (Wildman–Crippen MR) is 113 cm³/mol. The first-order valence-corrected chi connectivity index (χ1v) is 12.2. The van der Waals surface area contributed by atoms with E-state index in [0.29, 0.717) is 12.8 Å². The second-order valence-electron chi connectivity index (χ2n) is 9.65. The van der Waals surface area contributed by atoms with Gasteiger partial charge < -0.3 is 20.1 Å². The zero-order valence-electron chi connectivity index (χ0n) is 19.6. The fourth-order valence-corrected chi connectivity index (χ4v) is 4.41. The molecule has 3 atom stereocenters. The van der Waals surface area contributed by atoms with Gasteiger partial charge in [-0.15, -0.1) is 0 Å². The van der Waals surface area contributed by atoms with E-state index in [9.17, 15) is 23.7 Å². The molecule has 33 heavy (non-hydrogen) atoms. The summed E-state index contributed by atoms with van der Waals surface area (Å²) in [6.45, 7) is 7.60. The normalized spacial score (nSPS) is 26.9. The lowest BCUT2D eigenvalue weighted by Gasteiger charge is -2.39. The van der Waals surface area contributed by atoms with Crippen LogP contribution in [0.5, 0.6) is 0 Å². The molecule has 2 fully saturated rings. The van der Waals surface area contributed by atoms with Crippen molar-refractivity contribution in [2.24, 2.45) is 10.8 Å². The van der Waals surface area contributed by atoms with Gasteiger partial charge in [0.2, 0.25) is 18.6 Å². The molecule has 0 aromatic heterocycles. The predicted octanol–water partition coefficient (Wildman–Crippen LogP) is 1.43. The van der Waals surface area contributed by atoms with Crippen LogP contribution in [-0.2, 0) is 46.8 Å². The summed E-state index contributed by atoms with van der Waals surface area (Å²) in [6.07, 6.45) is -0.268. The summed E-state index contributed by atoms with van der Waals surface area (Å²) in [5.74, 6) is -1.77. The summed E-state index contributed by atoms with van der Waals surface area (Å²) in [4.78, 5) is 47.5. The van der Waals surface area contributed by atoms with Gasteiger partial charge in [-0.1, -0.05) is 13.8 Å². The van der Waals surface area contributed by atoms with Crippen LogP contribution in [0.15, 0.2) is 0 Å². The molecule has 0 aliphatic carbocycles. The van der Waals surface area contributed by atoms with Crippen molar-refractivity contribution in [3.05, 3.63) is 0 Å². The molecule has 0 radical (unpaired) electrons. The number of amides is 2. The van der Waals surface area contributed by atoms with Crippen LogP contribution < -0.4 is 10.6 Å². The summed E-state index contributed by atoms with van der Waals surface area (Å²) in [7, 11) is -4.16. The van der Waals surface area contributed by atoms with Crippen molar-refractivity contribution in [3.63, 3.8) is 0 Å². The number of carbonyl (C=O) groups is 4. The minimum Gasteiger partial charge on any atom is -0.463 e. The van der Waals surface area contributed by atoms with Crippen molar-refractivity contribution in [2.45, 2.75) is 66.0 Å². The maximum atomic E-state index is 12.7. The highest BCUT2D eigenvalue weighted by atomic mass is 31.2. The lowest BCUT2D eigenvalue weighted by Crippen LogP contribution is -2.50. The quantitative estimate of drug-likeness (QED) is 0.274. The van der Waals surface area contributed by atoms with Crippen LogP contribution in [0.1, 0.15) is 53.9 Å². The molecule has 0 saturated carbocycles. The fraction of sp³-hybridized carbons (Fsp3) is 0.800. The van der Waals surface area contributed by atoms with Crippen molar-refractivity contribution in [1.29, 1.82) is 0 Å². The van der Waals surface area contributed by atoms with Crippen molar-refractivity contribution in [1.82, 2.24) is 10.6 Å². The Morgan fingerprint density at radius 1 is 1.24 bits per heavy atom. The summed E-state index contributed by atoms with van der Waals surface area (Å²) >= 11 is 0. The van der Waals surface area contributed by atoms with Crippen LogP contribution in [0, 0.1) is 10.8 Å².